The Labute approximate surface area is 151 Å². The van der Waals surface area contributed by atoms with Crippen molar-refractivity contribution in [3.8, 4) is 11.1 Å². The van der Waals surface area contributed by atoms with E-state index >= 15 is 0 Å². The molecule has 0 aromatic heterocycles. The van der Waals surface area contributed by atoms with E-state index in [4.69, 9.17) is 0 Å². The molecule has 0 N–H and O–H groups in total. The van der Waals surface area contributed by atoms with Gasteiger partial charge in [-0.1, -0.05) is 42.8 Å². The molecular formula is C22H22O2S. The zero-order chi connectivity index (χ0) is 17.0. The number of hydrogen-bond donors (Lipinski definition) is 0. The average Bonchev–Trinajstić information content (AvgIpc) is 2.98. The Morgan fingerprint density at radius 2 is 1.64 bits per heavy atom. The van der Waals surface area contributed by atoms with Gasteiger partial charge in [0.1, 0.15) is 0 Å². The van der Waals surface area contributed by atoms with Gasteiger partial charge in [0, 0.05) is 32.8 Å². The summed E-state index contributed by atoms with van der Waals surface area (Å²) in [6, 6.07) is 14.7. The van der Waals surface area contributed by atoms with E-state index in [-0.39, 0.29) is 22.2 Å². The van der Waals surface area contributed by atoms with Crippen molar-refractivity contribution in [1.82, 2.24) is 0 Å². The summed E-state index contributed by atoms with van der Waals surface area (Å²) in [5.41, 5.74) is 6.05. The first kappa shape index (κ1) is 15.5. The Morgan fingerprint density at radius 3 is 2.44 bits per heavy atom. The molecule has 2 heterocycles. The zero-order valence-electron chi connectivity index (χ0n) is 14.2. The van der Waals surface area contributed by atoms with Gasteiger partial charge < -0.3 is 0 Å². The Morgan fingerprint density at radius 1 is 0.920 bits per heavy atom. The Bertz CT molecular complexity index is 869. The number of carbonyl (C=O) groups is 1. The standard InChI is InChI=1S/C22H22O2S/c23-22(17-12-18-5-3-6-19(13-17)25(18)24)15-8-9-21-16(11-15)10-14-4-1-2-7-20(14)21/h1-2,4,7-9,11,17-19H,3,5-6,10,12-13H2. The van der Waals surface area contributed by atoms with Crippen LogP contribution in [0.1, 0.15) is 53.6 Å². The molecule has 2 nitrogen and oxygen atoms in total. The second-order valence-electron chi connectivity index (χ2n) is 7.74. The van der Waals surface area contributed by atoms with E-state index in [1.165, 1.54) is 28.7 Å². The maximum atomic E-state index is 13.1. The molecule has 5 rings (SSSR count). The summed E-state index contributed by atoms with van der Waals surface area (Å²) in [5.74, 6) is 0.335. The molecule has 2 saturated heterocycles. The molecule has 0 radical (unpaired) electrons. The lowest BCUT2D eigenvalue weighted by Gasteiger charge is -2.37. The molecule has 0 saturated carbocycles. The quantitative estimate of drug-likeness (QED) is 0.637. The minimum atomic E-state index is -0.708. The van der Waals surface area contributed by atoms with Crippen LogP contribution in [0.4, 0.5) is 0 Å². The summed E-state index contributed by atoms with van der Waals surface area (Å²) in [6.07, 6.45) is 5.81. The Hall–Kier alpha value is -1.74. The van der Waals surface area contributed by atoms with E-state index in [9.17, 15) is 9.00 Å². The maximum Gasteiger partial charge on any atom is 0.166 e. The second-order valence-corrected chi connectivity index (χ2v) is 9.73. The number of carbonyl (C=O) groups excluding carboxylic acids is 1. The number of ketones is 1. The van der Waals surface area contributed by atoms with Gasteiger partial charge in [0.15, 0.2) is 5.78 Å². The van der Waals surface area contributed by atoms with Gasteiger partial charge in [0.05, 0.1) is 0 Å². The summed E-state index contributed by atoms with van der Waals surface area (Å²) in [7, 11) is -0.708. The van der Waals surface area contributed by atoms with Crippen molar-refractivity contribution in [1.29, 1.82) is 0 Å². The van der Waals surface area contributed by atoms with Gasteiger partial charge in [-0.25, -0.2) is 0 Å². The number of rotatable bonds is 2. The fraction of sp³-hybridized carbons (Fsp3) is 0.409. The van der Waals surface area contributed by atoms with E-state index in [0.29, 0.717) is 0 Å². The molecule has 3 heteroatoms. The van der Waals surface area contributed by atoms with E-state index in [2.05, 4.69) is 36.4 Å². The molecule has 2 bridgehead atoms. The summed E-state index contributed by atoms with van der Waals surface area (Å²) >= 11 is 0. The van der Waals surface area contributed by atoms with Crippen LogP contribution in [0.2, 0.25) is 0 Å². The number of hydrogen-bond acceptors (Lipinski definition) is 2. The van der Waals surface area contributed by atoms with Crippen molar-refractivity contribution in [3.63, 3.8) is 0 Å². The monoisotopic (exact) mass is 350 g/mol. The summed E-state index contributed by atoms with van der Waals surface area (Å²) < 4.78 is 12.4. The van der Waals surface area contributed by atoms with Gasteiger partial charge in [-0.05, 0) is 60.4 Å². The lowest BCUT2D eigenvalue weighted by atomic mass is 9.84. The van der Waals surface area contributed by atoms with Crippen LogP contribution in [0.3, 0.4) is 0 Å². The van der Waals surface area contributed by atoms with Crippen LogP contribution in [0.25, 0.3) is 11.1 Å². The van der Waals surface area contributed by atoms with Crippen LogP contribution in [0.15, 0.2) is 42.5 Å². The highest BCUT2D eigenvalue weighted by atomic mass is 32.2. The predicted octanol–water partition coefficient (Wildman–Crippen LogP) is 4.52. The van der Waals surface area contributed by atoms with E-state index in [1.807, 2.05) is 6.07 Å². The van der Waals surface area contributed by atoms with Crippen molar-refractivity contribution < 1.29 is 9.00 Å². The molecule has 0 amide bonds. The zero-order valence-corrected chi connectivity index (χ0v) is 15.1. The molecule has 128 valence electrons. The first-order valence-electron chi connectivity index (χ1n) is 9.35. The molecular weight excluding hydrogens is 328 g/mol. The van der Waals surface area contributed by atoms with Crippen molar-refractivity contribution >= 4 is 16.6 Å². The summed E-state index contributed by atoms with van der Waals surface area (Å²) in [5, 5.41) is 0.500. The smallest absolute Gasteiger partial charge is 0.166 e. The van der Waals surface area contributed by atoms with Gasteiger partial charge in [0.2, 0.25) is 0 Å². The average molecular weight is 350 g/mol. The molecule has 2 aliphatic heterocycles. The third kappa shape index (κ3) is 2.52. The first-order valence-corrected chi connectivity index (χ1v) is 10.6. The van der Waals surface area contributed by atoms with Gasteiger partial charge in [-0.3, -0.25) is 9.00 Å². The van der Waals surface area contributed by atoms with Crippen molar-refractivity contribution in [2.45, 2.75) is 49.0 Å². The first-order chi connectivity index (χ1) is 12.2. The largest absolute Gasteiger partial charge is 0.294 e. The van der Waals surface area contributed by atoms with Gasteiger partial charge in [0.25, 0.3) is 0 Å². The SMILES string of the molecule is O=C(c1ccc2c(c1)Cc1ccccc1-2)C1CC2CCCC(C1)S2=O. The van der Waals surface area contributed by atoms with E-state index in [0.717, 1.165) is 37.7 Å². The van der Waals surface area contributed by atoms with E-state index in [1.54, 1.807) is 0 Å². The fourth-order valence-corrected chi connectivity index (χ4v) is 7.17. The number of Topliss-reactive ketones (excluding diaryl/α,β-unsaturated/α-hetero) is 1. The molecule has 3 aliphatic rings. The van der Waals surface area contributed by atoms with Crippen molar-refractivity contribution in [2.24, 2.45) is 5.92 Å². The van der Waals surface area contributed by atoms with Gasteiger partial charge >= 0.3 is 0 Å². The molecule has 25 heavy (non-hydrogen) atoms. The second kappa shape index (κ2) is 5.91. The lowest BCUT2D eigenvalue weighted by Crippen LogP contribution is -2.41. The van der Waals surface area contributed by atoms with Crippen LogP contribution in [0.5, 0.6) is 0 Å². The van der Waals surface area contributed by atoms with Gasteiger partial charge in [-0.2, -0.15) is 0 Å². The molecule has 2 aromatic rings. The molecule has 2 unspecified atom stereocenters. The normalized spacial score (nSPS) is 29.8. The van der Waals surface area contributed by atoms with Crippen molar-refractivity contribution in [3.05, 3.63) is 59.2 Å². The van der Waals surface area contributed by atoms with Crippen molar-refractivity contribution in [2.75, 3.05) is 0 Å². The maximum absolute atomic E-state index is 13.1. The summed E-state index contributed by atoms with van der Waals surface area (Å²) in [6.45, 7) is 0. The lowest BCUT2D eigenvalue weighted by molar-refractivity contribution is 0.0895. The Balaban J connectivity index is 1.42. The molecule has 2 aromatic carbocycles. The van der Waals surface area contributed by atoms with Gasteiger partial charge in [-0.15, -0.1) is 0 Å². The third-order valence-electron chi connectivity index (χ3n) is 6.25. The van der Waals surface area contributed by atoms with Crippen LogP contribution in [0, 0.1) is 5.92 Å². The van der Waals surface area contributed by atoms with Crippen LogP contribution < -0.4 is 0 Å². The molecule has 1 aliphatic carbocycles. The Kier molecular flexibility index (Phi) is 3.67. The molecule has 2 fully saturated rings. The van der Waals surface area contributed by atoms with Crippen LogP contribution in [-0.4, -0.2) is 20.5 Å². The minimum absolute atomic E-state index is 0.0647. The highest BCUT2D eigenvalue weighted by Gasteiger charge is 2.40. The topological polar surface area (TPSA) is 34.1 Å². The third-order valence-corrected chi connectivity index (χ3v) is 8.42. The highest BCUT2D eigenvalue weighted by Crippen LogP contribution is 2.40. The fourth-order valence-electron chi connectivity index (χ4n) is 4.98. The number of fused-ring (bicyclic) bond motifs is 5. The predicted molar refractivity (Wildman–Crippen MR) is 101 cm³/mol. The van der Waals surface area contributed by atoms with E-state index < -0.39 is 10.8 Å². The molecule has 0 spiro atoms. The molecule has 2 atom stereocenters. The van der Waals surface area contributed by atoms with Crippen LogP contribution in [-0.2, 0) is 17.2 Å². The number of benzene rings is 2. The highest BCUT2D eigenvalue weighted by molar-refractivity contribution is 7.86. The minimum Gasteiger partial charge on any atom is -0.294 e. The summed E-state index contributed by atoms with van der Waals surface area (Å²) in [4.78, 5) is 13.1. The van der Waals surface area contributed by atoms with Crippen LogP contribution >= 0.6 is 0 Å².